The standard InChI is InChI=1S/C17H25N5O/c1-4-21(5-2)12-8-11-19-17(23)15-13-20-22(14(15)3)16-9-6-7-10-18-16/h6-7,9-10,13H,4-5,8,11-12H2,1-3H3,(H,19,23). The third kappa shape index (κ3) is 4.39. The van der Waals surface area contributed by atoms with Crippen molar-refractivity contribution < 1.29 is 4.79 Å². The van der Waals surface area contributed by atoms with Crippen molar-refractivity contribution in [3.63, 3.8) is 0 Å². The molecule has 0 unspecified atom stereocenters. The van der Waals surface area contributed by atoms with Crippen molar-refractivity contribution in [1.29, 1.82) is 0 Å². The van der Waals surface area contributed by atoms with Gasteiger partial charge in [-0.3, -0.25) is 4.79 Å². The minimum Gasteiger partial charge on any atom is -0.352 e. The second-order valence-electron chi connectivity index (χ2n) is 5.38. The van der Waals surface area contributed by atoms with E-state index in [2.05, 4.69) is 34.1 Å². The van der Waals surface area contributed by atoms with Crippen LogP contribution in [0, 0.1) is 6.92 Å². The van der Waals surface area contributed by atoms with Gasteiger partial charge in [0.2, 0.25) is 0 Å². The Morgan fingerprint density at radius 1 is 1.30 bits per heavy atom. The first-order chi connectivity index (χ1) is 11.2. The van der Waals surface area contributed by atoms with E-state index >= 15 is 0 Å². The molecule has 6 heteroatoms. The van der Waals surface area contributed by atoms with Gasteiger partial charge >= 0.3 is 0 Å². The van der Waals surface area contributed by atoms with Gasteiger partial charge in [-0.25, -0.2) is 9.67 Å². The van der Waals surface area contributed by atoms with Gasteiger partial charge in [0.15, 0.2) is 5.82 Å². The van der Waals surface area contributed by atoms with Crippen LogP contribution in [0.25, 0.3) is 5.82 Å². The molecule has 1 amide bonds. The minimum absolute atomic E-state index is 0.0794. The van der Waals surface area contributed by atoms with E-state index in [9.17, 15) is 4.79 Å². The van der Waals surface area contributed by atoms with Crippen LogP contribution in [0.5, 0.6) is 0 Å². The quantitative estimate of drug-likeness (QED) is 0.757. The van der Waals surface area contributed by atoms with Gasteiger partial charge in [-0.15, -0.1) is 0 Å². The van der Waals surface area contributed by atoms with E-state index in [4.69, 9.17) is 0 Å². The smallest absolute Gasteiger partial charge is 0.254 e. The third-order valence-corrected chi connectivity index (χ3v) is 3.95. The van der Waals surface area contributed by atoms with Crippen LogP contribution in [0.4, 0.5) is 0 Å². The number of carbonyl (C=O) groups is 1. The molecule has 0 aliphatic carbocycles. The maximum absolute atomic E-state index is 12.3. The van der Waals surface area contributed by atoms with Crippen molar-refractivity contribution in [3.05, 3.63) is 41.9 Å². The molecule has 6 nitrogen and oxygen atoms in total. The molecule has 0 atom stereocenters. The Bertz CT molecular complexity index is 619. The second kappa shape index (κ2) is 8.43. The number of nitrogens with one attached hydrogen (secondary N) is 1. The van der Waals surface area contributed by atoms with E-state index in [0.29, 0.717) is 17.9 Å². The van der Waals surface area contributed by atoms with Crippen LogP contribution in [0.3, 0.4) is 0 Å². The van der Waals surface area contributed by atoms with Gasteiger partial charge in [0.05, 0.1) is 17.5 Å². The fourth-order valence-corrected chi connectivity index (χ4v) is 2.48. The number of amides is 1. The summed E-state index contributed by atoms with van der Waals surface area (Å²) in [5, 5.41) is 7.24. The molecular weight excluding hydrogens is 290 g/mol. The highest BCUT2D eigenvalue weighted by Crippen LogP contribution is 2.11. The molecule has 0 bridgehead atoms. The Hall–Kier alpha value is -2.21. The van der Waals surface area contributed by atoms with Gasteiger partial charge in [-0.2, -0.15) is 5.10 Å². The molecule has 2 aromatic heterocycles. The predicted octanol–water partition coefficient (Wildman–Crippen LogP) is 2.04. The highest BCUT2D eigenvalue weighted by atomic mass is 16.1. The maximum atomic E-state index is 12.3. The Morgan fingerprint density at radius 3 is 2.74 bits per heavy atom. The highest BCUT2D eigenvalue weighted by Gasteiger charge is 2.15. The third-order valence-electron chi connectivity index (χ3n) is 3.95. The topological polar surface area (TPSA) is 63.1 Å². The van der Waals surface area contributed by atoms with Crippen LogP contribution in [0.1, 0.15) is 36.3 Å². The van der Waals surface area contributed by atoms with Crippen LogP contribution in [0.15, 0.2) is 30.6 Å². The molecule has 2 rings (SSSR count). The zero-order chi connectivity index (χ0) is 16.7. The van der Waals surface area contributed by atoms with Crippen LogP contribution in [-0.4, -0.2) is 51.8 Å². The number of aromatic nitrogens is 3. The lowest BCUT2D eigenvalue weighted by molar-refractivity contribution is 0.0951. The van der Waals surface area contributed by atoms with E-state index in [1.807, 2.05) is 25.1 Å². The Kier molecular flexibility index (Phi) is 6.29. The van der Waals surface area contributed by atoms with Gasteiger partial charge in [-0.05, 0) is 45.1 Å². The molecule has 2 aromatic rings. The van der Waals surface area contributed by atoms with E-state index < -0.39 is 0 Å². The molecule has 0 aliphatic heterocycles. The van der Waals surface area contributed by atoms with Gasteiger partial charge in [0, 0.05) is 12.7 Å². The number of hydrogen-bond donors (Lipinski definition) is 1. The number of carbonyl (C=O) groups excluding carboxylic acids is 1. The fraction of sp³-hybridized carbons (Fsp3) is 0.471. The summed E-state index contributed by atoms with van der Waals surface area (Å²) in [6, 6.07) is 5.62. The molecule has 0 saturated heterocycles. The molecule has 2 heterocycles. The van der Waals surface area contributed by atoms with E-state index in [1.54, 1.807) is 17.1 Å². The summed E-state index contributed by atoms with van der Waals surface area (Å²) < 4.78 is 1.69. The van der Waals surface area contributed by atoms with Crippen molar-refractivity contribution in [2.75, 3.05) is 26.2 Å². The van der Waals surface area contributed by atoms with Crippen molar-refractivity contribution >= 4 is 5.91 Å². The molecule has 0 saturated carbocycles. The summed E-state index contributed by atoms with van der Waals surface area (Å²) in [7, 11) is 0. The Balaban J connectivity index is 1.92. The lowest BCUT2D eigenvalue weighted by atomic mass is 10.2. The monoisotopic (exact) mass is 315 g/mol. The summed E-state index contributed by atoms with van der Waals surface area (Å²) in [5.41, 5.74) is 1.39. The molecule has 23 heavy (non-hydrogen) atoms. The van der Waals surface area contributed by atoms with Gasteiger partial charge in [0.1, 0.15) is 0 Å². The van der Waals surface area contributed by atoms with E-state index in [1.165, 1.54) is 0 Å². The molecule has 1 N–H and O–H groups in total. The Morgan fingerprint density at radius 2 is 2.09 bits per heavy atom. The number of rotatable bonds is 8. The lowest BCUT2D eigenvalue weighted by Crippen LogP contribution is -2.30. The summed E-state index contributed by atoms with van der Waals surface area (Å²) in [6.07, 6.45) is 4.26. The summed E-state index contributed by atoms with van der Waals surface area (Å²) in [5.74, 6) is 0.634. The first-order valence-corrected chi connectivity index (χ1v) is 8.14. The SMILES string of the molecule is CCN(CC)CCCNC(=O)c1cnn(-c2ccccn2)c1C. The van der Waals surface area contributed by atoms with Crippen molar-refractivity contribution in [1.82, 2.24) is 25.0 Å². The van der Waals surface area contributed by atoms with Crippen LogP contribution >= 0.6 is 0 Å². The predicted molar refractivity (Wildman–Crippen MR) is 90.8 cm³/mol. The maximum Gasteiger partial charge on any atom is 0.254 e. The molecular formula is C17H25N5O. The largest absolute Gasteiger partial charge is 0.352 e. The summed E-state index contributed by atoms with van der Waals surface area (Å²) in [6.45, 7) is 9.94. The first-order valence-electron chi connectivity index (χ1n) is 8.14. The van der Waals surface area contributed by atoms with Crippen molar-refractivity contribution in [2.24, 2.45) is 0 Å². The average Bonchev–Trinajstić information content (AvgIpc) is 2.97. The number of pyridine rings is 1. The Labute approximate surface area is 137 Å². The number of nitrogens with zero attached hydrogens (tertiary/aromatic N) is 4. The van der Waals surface area contributed by atoms with Gasteiger partial charge in [-0.1, -0.05) is 19.9 Å². The van der Waals surface area contributed by atoms with Crippen molar-refractivity contribution in [2.45, 2.75) is 27.2 Å². The first kappa shape index (κ1) is 17.1. The average molecular weight is 315 g/mol. The second-order valence-corrected chi connectivity index (χ2v) is 5.38. The molecule has 0 aliphatic rings. The van der Waals surface area contributed by atoms with E-state index in [-0.39, 0.29) is 5.91 Å². The normalized spacial score (nSPS) is 11.0. The van der Waals surface area contributed by atoms with Crippen molar-refractivity contribution in [3.8, 4) is 5.82 Å². The molecule has 0 spiro atoms. The van der Waals surface area contributed by atoms with Crippen LogP contribution in [0.2, 0.25) is 0 Å². The molecule has 124 valence electrons. The summed E-state index contributed by atoms with van der Waals surface area (Å²) >= 11 is 0. The highest BCUT2D eigenvalue weighted by molar-refractivity contribution is 5.95. The van der Waals surface area contributed by atoms with E-state index in [0.717, 1.165) is 31.7 Å². The van der Waals surface area contributed by atoms with Crippen LogP contribution in [-0.2, 0) is 0 Å². The zero-order valence-corrected chi connectivity index (χ0v) is 14.1. The summed E-state index contributed by atoms with van der Waals surface area (Å²) in [4.78, 5) is 18.9. The molecule has 0 aromatic carbocycles. The zero-order valence-electron chi connectivity index (χ0n) is 14.1. The molecule has 0 radical (unpaired) electrons. The lowest BCUT2D eigenvalue weighted by Gasteiger charge is -2.17. The van der Waals surface area contributed by atoms with Crippen LogP contribution < -0.4 is 5.32 Å². The number of hydrogen-bond acceptors (Lipinski definition) is 4. The molecule has 0 fully saturated rings. The van der Waals surface area contributed by atoms with Gasteiger partial charge in [0.25, 0.3) is 5.91 Å². The van der Waals surface area contributed by atoms with Gasteiger partial charge < -0.3 is 10.2 Å². The minimum atomic E-state index is -0.0794. The fourth-order valence-electron chi connectivity index (χ4n) is 2.48.